The van der Waals surface area contributed by atoms with Crippen molar-refractivity contribution >= 4 is 17.8 Å². The maximum absolute atomic E-state index is 13.4. The van der Waals surface area contributed by atoms with E-state index in [0.29, 0.717) is 19.3 Å². The van der Waals surface area contributed by atoms with Crippen LogP contribution in [0.4, 0.5) is 0 Å². The molecule has 18 atom stereocenters. The summed E-state index contributed by atoms with van der Waals surface area (Å²) in [6.07, 6.45) is 12.8. The topological polar surface area (TPSA) is 373 Å². The van der Waals surface area contributed by atoms with Crippen LogP contribution in [0.2, 0.25) is 0 Å². The third-order valence-corrected chi connectivity index (χ3v) is 17.8. The van der Waals surface area contributed by atoms with Crippen LogP contribution in [0.5, 0.6) is 0 Å². The van der Waals surface area contributed by atoms with Crippen molar-refractivity contribution in [2.45, 2.75) is 368 Å². The summed E-state index contributed by atoms with van der Waals surface area (Å²) in [5.41, 5.74) is 0. The third kappa shape index (κ3) is 29.4. The second-order valence-electron chi connectivity index (χ2n) is 25.4. The SMILES string of the molecule is CCCCCCCCCCCCCCCCCCCCCCCCCCC(=O)NC(COC1OC(CO)C(OC2OC(CO)C(O)C(OC3(C(=O)O)CC(O)C(NC(C)=O)C(C(O)C(O)CO)O3)C2O)C(O)C1O)C(O)CCCCCCCCCCCC. The number of carbonyl (C=O) groups excluding carboxylic acids is 2. The number of rotatable bonds is 52. The molecule has 3 saturated heterocycles. The second kappa shape index (κ2) is 46.7. The van der Waals surface area contributed by atoms with Gasteiger partial charge in [0.05, 0.1) is 50.7 Å². The minimum absolute atomic E-state index is 0.229. The fraction of sp³-hybridized carbons (Fsp3) is 0.954. The van der Waals surface area contributed by atoms with E-state index in [0.717, 1.165) is 51.9 Å². The van der Waals surface area contributed by atoms with Gasteiger partial charge >= 0.3 is 5.97 Å². The maximum Gasteiger partial charge on any atom is 0.364 e. The number of hydrogen-bond acceptors (Lipinski definition) is 20. The average molecular weight is 1270 g/mol. The van der Waals surface area contributed by atoms with Gasteiger partial charge in [0.15, 0.2) is 12.6 Å². The molecule has 0 radical (unpaired) electrons. The molecule has 14 N–H and O–H groups in total. The van der Waals surface area contributed by atoms with E-state index in [1.807, 2.05) is 0 Å². The van der Waals surface area contributed by atoms with Crippen molar-refractivity contribution in [3.8, 4) is 0 Å². The zero-order chi connectivity index (χ0) is 64.7. The van der Waals surface area contributed by atoms with E-state index >= 15 is 0 Å². The van der Waals surface area contributed by atoms with Gasteiger partial charge in [0.25, 0.3) is 5.79 Å². The first kappa shape index (κ1) is 80.0. The van der Waals surface area contributed by atoms with Crippen molar-refractivity contribution in [1.29, 1.82) is 0 Å². The van der Waals surface area contributed by atoms with Crippen LogP contribution in [-0.4, -0.2) is 215 Å². The van der Waals surface area contributed by atoms with E-state index < -0.39 is 148 Å². The van der Waals surface area contributed by atoms with Gasteiger partial charge in [0.1, 0.15) is 67.1 Å². The number of carboxylic acids is 1. The molecular weight excluding hydrogens is 1140 g/mol. The van der Waals surface area contributed by atoms with Crippen LogP contribution in [0.1, 0.15) is 258 Å². The number of carbonyl (C=O) groups is 3. The molecule has 23 heteroatoms. The van der Waals surface area contributed by atoms with Crippen LogP contribution in [-0.2, 0) is 42.8 Å². The first-order chi connectivity index (χ1) is 42.4. The van der Waals surface area contributed by atoms with E-state index in [-0.39, 0.29) is 18.9 Å². The summed E-state index contributed by atoms with van der Waals surface area (Å²) in [4.78, 5) is 38.5. The van der Waals surface area contributed by atoms with Gasteiger partial charge in [-0.2, -0.15) is 0 Å². The number of hydrogen-bond donors (Lipinski definition) is 14. The highest BCUT2D eigenvalue weighted by Gasteiger charge is 2.60. The van der Waals surface area contributed by atoms with Crippen LogP contribution < -0.4 is 10.6 Å². The Morgan fingerprint density at radius 3 is 1.42 bits per heavy atom. The summed E-state index contributed by atoms with van der Waals surface area (Å²) in [5, 5.41) is 136. The Kier molecular flexibility index (Phi) is 42.5. The first-order valence-electron chi connectivity index (χ1n) is 34.4. The smallest absolute Gasteiger partial charge is 0.364 e. The van der Waals surface area contributed by atoms with Gasteiger partial charge in [0, 0.05) is 19.8 Å². The standard InChI is InChI=1S/C65H122N2O21/c1-4-6-8-10-12-14-16-17-18-19-20-21-22-23-24-25-26-27-28-29-31-33-35-37-39-52(75)67-46(47(72)38-36-34-32-30-15-13-11-9-7-5-2)44-83-62-57(79)56(78)59(51(43-70)85-62)86-63-58(80)61(55(77)50(42-69)84-63)88-65(64(81)82)40-48(73)53(66-45(3)71)60(87-65)54(76)49(74)41-68/h46-51,53-63,68-70,72-74,76-80H,4-44H2,1-3H3,(H,66,71)(H,67,75)(H,81,82). The average Bonchev–Trinajstić information content (AvgIpc) is 1.04. The molecule has 0 spiro atoms. The van der Waals surface area contributed by atoms with Crippen molar-refractivity contribution in [2.75, 3.05) is 26.4 Å². The molecule has 3 aliphatic heterocycles. The Bertz CT molecular complexity index is 1790. The lowest BCUT2D eigenvalue weighted by molar-refractivity contribution is -0.386. The highest BCUT2D eigenvalue weighted by molar-refractivity contribution is 5.77. The lowest BCUT2D eigenvalue weighted by Gasteiger charge is -2.50. The zero-order valence-corrected chi connectivity index (χ0v) is 53.8. The van der Waals surface area contributed by atoms with Crippen molar-refractivity contribution < 1.29 is 104 Å². The van der Waals surface area contributed by atoms with Gasteiger partial charge in [-0.3, -0.25) is 9.59 Å². The van der Waals surface area contributed by atoms with Gasteiger partial charge in [-0.05, 0) is 12.8 Å². The summed E-state index contributed by atoms with van der Waals surface area (Å²) < 4.78 is 34.8. The molecule has 23 nitrogen and oxygen atoms in total. The van der Waals surface area contributed by atoms with Gasteiger partial charge in [-0.25, -0.2) is 4.79 Å². The molecule has 0 aromatic carbocycles. The Hall–Kier alpha value is -2.27. The zero-order valence-electron chi connectivity index (χ0n) is 53.8. The van der Waals surface area contributed by atoms with E-state index in [2.05, 4.69) is 24.5 Å². The van der Waals surface area contributed by atoms with E-state index in [4.69, 9.17) is 28.4 Å². The fourth-order valence-corrected chi connectivity index (χ4v) is 12.3. The third-order valence-electron chi connectivity index (χ3n) is 17.8. The number of carboxylic acid groups (broad SMARTS) is 1. The predicted molar refractivity (Wildman–Crippen MR) is 329 cm³/mol. The van der Waals surface area contributed by atoms with Crippen molar-refractivity contribution in [2.24, 2.45) is 0 Å². The van der Waals surface area contributed by atoms with Gasteiger partial charge < -0.3 is 100 Å². The predicted octanol–water partition coefficient (Wildman–Crippen LogP) is 5.73. The highest BCUT2D eigenvalue weighted by atomic mass is 16.8. The molecule has 3 fully saturated rings. The molecule has 0 bridgehead atoms. The molecule has 3 heterocycles. The Labute approximate surface area is 525 Å². The van der Waals surface area contributed by atoms with E-state index in [9.17, 15) is 75.7 Å². The molecule has 18 unspecified atom stereocenters. The van der Waals surface area contributed by atoms with Crippen molar-refractivity contribution in [3.63, 3.8) is 0 Å². The summed E-state index contributed by atoms with van der Waals surface area (Å²) in [6.45, 7) is 2.19. The molecular formula is C65H122N2O21. The second-order valence-corrected chi connectivity index (χ2v) is 25.4. The highest BCUT2D eigenvalue weighted by Crippen LogP contribution is 2.39. The van der Waals surface area contributed by atoms with E-state index in [1.165, 1.54) is 161 Å². The monoisotopic (exact) mass is 1270 g/mol. The Balaban J connectivity index is 1.54. The molecule has 518 valence electrons. The summed E-state index contributed by atoms with van der Waals surface area (Å²) in [6, 6.07) is -2.52. The molecule has 88 heavy (non-hydrogen) atoms. The molecule has 3 aliphatic rings. The number of amides is 2. The van der Waals surface area contributed by atoms with Gasteiger partial charge in [-0.1, -0.05) is 226 Å². The van der Waals surface area contributed by atoms with Crippen molar-refractivity contribution in [1.82, 2.24) is 10.6 Å². The van der Waals surface area contributed by atoms with Gasteiger partial charge in [-0.15, -0.1) is 0 Å². The molecule has 3 rings (SSSR count). The number of ether oxygens (including phenoxy) is 6. The number of nitrogens with one attached hydrogen (secondary N) is 2. The van der Waals surface area contributed by atoms with Crippen LogP contribution in [0.25, 0.3) is 0 Å². The minimum atomic E-state index is -3.08. The normalized spacial score (nSPS) is 28.9. The van der Waals surface area contributed by atoms with Crippen LogP contribution in [0.3, 0.4) is 0 Å². The molecule has 0 aliphatic carbocycles. The van der Waals surface area contributed by atoms with Crippen LogP contribution in [0.15, 0.2) is 0 Å². The summed E-state index contributed by atoms with van der Waals surface area (Å²) >= 11 is 0. The first-order valence-corrected chi connectivity index (χ1v) is 34.4. The molecule has 0 aromatic heterocycles. The van der Waals surface area contributed by atoms with Crippen LogP contribution in [0, 0.1) is 0 Å². The molecule has 0 aromatic rings. The van der Waals surface area contributed by atoms with Gasteiger partial charge in [0.2, 0.25) is 11.8 Å². The number of aliphatic hydroxyl groups excluding tert-OH is 11. The number of unbranched alkanes of at least 4 members (excludes halogenated alkanes) is 32. The fourth-order valence-electron chi connectivity index (χ4n) is 12.3. The molecule has 2 amide bonds. The van der Waals surface area contributed by atoms with Crippen molar-refractivity contribution in [3.05, 3.63) is 0 Å². The number of aliphatic hydroxyl groups is 11. The lowest BCUT2D eigenvalue weighted by Crippen LogP contribution is -2.70. The Morgan fingerprint density at radius 1 is 0.545 bits per heavy atom. The summed E-state index contributed by atoms with van der Waals surface area (Å²) in [7, 11) is 0. The lowest BCUT2D eigenvalue weighted by atomic mass is 9.88. The Morgan fingerprint density at radius 2 is 0.989 bits per heavy atom. The number of aliphatic carboxylic acids is 1. The minimum Gasteiger partial charge on any atom is -0.477 e. The molecule has 0 saturated carbocycles. The largest absolute Gasteiger partial charge is 0.477 e. The quantitative estimate of drug-likeness (QED) is 0.0323. The maximum atomic E-state index is 13.4. The van der Waals surface area contributed by atoms with Crippen LogP contribution >= 0.6 is 0 Å². The van der Waals surface area contributed by atoms with E-state index in [1.54, 1.807) is 0 Å². The summed E-state index contributed by atoms with van der Waals surface area (Å²) in [5.74, 6) is -6.09.